The lowest BCUT2D eigenvalue weighted by Gasteiger charge is -2.17. The number of rotatable bonds is 6. The first-order valence-corrected chi connectivity index (χ1v) is 12.6. The Morgan fingerprint density at radius 1 is 0.378 bits per heavy atom. The van der Waals surface area contributed by atoms with Gasteiger partial charge in [0, 0.05) is 19.3 Å². The Kier molecular flexibility index (Phi) is 7.22. The van der Waals surface area contributed by atoms with Crippen LogP contribution in [-0.4, -0.2) is 20.4 Å². The van der Waals surface area contributed by atoms with Crippen molar-refractivity contribution >= 4 is 0 Å². The molecule has 4 rings (SSSR count). The van der Waals surface area contributed by atoms with E-state index >= 15 is 0 Å². The molecular formula is C33H36O4. The molecule has 0 aromatic heterocycles. The Labute approximate surface area is 219 Å². The predicted molar refractivity (Wildman–Crippen MR) is 149 cm³/mol. The maximum absolute atomic E-state index is 11.3. The van der Waals surface area contributed by atoms with E-state index in [1.165, 1.54) is 0 Å². The van der Waals surface area contributed by atoms with E-state index in [0.29, 0.717) is 19.3 Å². The Hall–Kier alpha value is -3.92. The molecule has 0 spiro atoms. The number of aryl methyl sites for hydroxylation is 6. The normalized spacial score (nSPS) is 11.2. The molecule has 0 saturated heterocycles. The number of aromatic hydroxyl groups is 4. The first kappa shape index (κ1) is 26.2. The van der Waals surface area contributed by atoms with E-state index in [0.717, 1.165) is 66.8 Å². The van der Waals surface area contributed by atoms with Crippen molar-refractivity contribution in [3.8, 4) is 23.0 Å². The molecule has 37 heavy (non-hydrogen) atoms. The van der Waals surface area contributed by atoms with E-state index in [1.54, 1.807) is 12.1 Å². The Morgan fingerprint density at radius 3 is 1.00 bits per heavy atom. The molecule has 0 aliphatic heterocycles. The lowest BCUT2D eigenvalue weighted by molar-refractivity contribution is 0.456. The molecule has 0 aliphatic rings. The number of hydrogen-bond donors (Lipinski definition) is 4. The topological polar surface area (TPSA) is 80.9 Å². The van der Waals surface area contributed by atoms with Gasteiger partial charge in [0.15, 0.2) is 0 Å². The van der Waals surface area contributed by atoms with Crippen molar-refractivity contribution in [2.45, 2.75) is 60.8 Å². The highest BCUT2D eigenvalue weighted by molar-refractivity contribution is 5.54. The smallest absolute Gasteiger partial charge is 0.122 e. The SMILES string of the molecule is Cc1cc(Cc2cc(C)c(O)cc2C)c(O)c(Cc2cc(C)cc(Cc3cc(C)c(O)cc3C)c2O)c1. The van der Waals surface area contributed by atoms with Gasteiger partial charge in [-0.1, -0.05) is 47.5 Å². The minimum Gasteiger partial charge on any atom is -0.508 e. The van der Waals surface area contributed by atoms with Crippen LogP contribution in [0.3, 0.4) is 0 Å². The second-order valence-corrected chi connectivity index (χ2v) is 10.5. The van der Waals surface area contributed by atoms with Crippen LogP contribution in [0.15, 0.2) is 48.5 Å². The monoisotopic (exact) mass is 496 g/mol. The van der Waals surface area contributed by atoms with Crippen LogP contribution >= 0.6 is 0 Å². The zero-order valence-corrected chi connectivity index (χ0v) is 22.5. The lowest BCUT2D eigenvalue weighted by atomic mass is 9.90. The van der Waals surface area contributed by atoms with Crippen LogP contribution < -0.4 is 0 Å². The molecule has 0 heterocycles. The van der Waals surface area contributed by atoms with Gasteiger partial charge in [0.05, 0.1) is 0 Å². The molecule has 0 unspecified atom stereocenters. The van der Waals surface area contributed by atoms with Gasteiger partial charge in [-0.3, -0.25) is 0 Å². The Bertz CT molecular complexity index is 1380. The van der Waals surface area contributed by atoms with E-state index in [-0.39, 0.29) is 23.0 Å². The number of hydrogen-bond acceptors (Lipinski definition) is 4. The molecule has 0 aliphatic carbocycles. The number of phenolic OH excluding ortho intramolecular Hbond substituents is 4. The summed E-state index contributed by atoms with van der Waals surface area (Å²) in [5.74, 6) is 1.03. The molecule has 0 saturated carbocycles. The molecule has 0 atom stereocenters. The van der Waals surface area contributed by atoms with Gasteiger partial charge in [-0.25, -0.2) is 0 Å². The third-order valence-corrected chi connectivity index (χ3v) is 7.28. The summed E-state index contributed by atoms with van der Waals surface area (Å²) >= 11 is 0. The summed E-state index contributed by atoms with van der Waals surface area (Å²) in [7, 11) is 0. The third kappa shape index (κ3) is 5.59. The highest BCUT2D eigenvalue weighted by Crippen LogP contribution is 2.35. The van der Waals surface area contributed by atoms with Gasteiger partial charge in [-0.2, -0.15) is 0 Å². The second-order valence-electron chi connectivity index (χ2n) is 10.5. The van der Waals surface area contributed by atoms with Gasteiger partial charge < -0.3 is 20.4 Å². The lowest BCUT2D eigenvalue weighted by Crippen LogP contribution is -2.01. The average Bonchev–Trinajstić information content (AvgIpc) is 2.81. The van der Waals surface area contributed by atoms with Crippen LogP contribution in [0, 0.1) is 41.5 Å². The summed E-state index contributed by atoms with van der Waals surface area (Å²) in [6, 6.07) is 15.4. The summed E-state index contributed by atoms with van der Waals surface area (Å²) < 4.78 is 0. The fourth-order valence-corrected chi connectivity index (χ4v) is 5.13. The molecule has 0 amide bonds. The molecule has 0 bridgehead atoms. The Balaban J connectivity index is 1.69. The molecule has 192 valence electrons. The molecule has 4 heteroatoms. The quantitative estimate of drug-likeness (QED) is 0.229. The van der Waals surface area contributed by atoms with E-state index in [9.17, 15) is 20.4 Å². The van der Waals surface area contributed by atoms with Crippen molar-refractivity contribution in [2.24, 2.45) is 0 Å². The van der Waals surface area contributed by atoms with Crippen LogP contribution in [0.2, 0.25) is 0 Å². The van der Waals surface area contributed by atoms with Gasteiger partial charge in [-0.15, -0.1) is 0 Å². The van der Waals surface area contributed by atoms with Crippen molar-refractivity contribution in [3.05, 3.63) is 115 Å². The van der Waals surface area contributed by atoms with E-state index < -0.39 is 0 Å². The Morgan fingerprint density at radius 2 is 0.676 bits per heavy atom. The molecule has 4 N–H and O–H groups in total. The summed E-state index contributed by atoms with van der Waals surface area (Å²) in [5.41, 5.74) is 11.0. The minimum absolute atomic E-state index is 0.239. The molecular weight excluding hydrogens is 460 g/mol. The van der Waals surface area contributed by atoms with Crippen molar-refractivity contribution in [3.63, 3.8) is 0 Å². The summed E-state index contributed by atoms with van der Waals surface area (Å²) in [6.45, 7) is 11.7. The predicted octanol–water partition coefficient (Wildman–Crippen LogP) is 7.13. The van der Waals surface area contributed by atoms with E-state index in [4.69, 9.17) is 0 Å². The number of phenols is 4. The van der Waals surface area contributed by atoms with Crippen molar-refractivity contribution in [2.75, 3.05) is 0 Å². The van der Waals surface area contributed by atoms with Crippen LogP contribution in [0.4, 0.5) is 0 Å². The van der Waals surface area contributed by atoms with Crippen LogP contribution in [0.1, 0.15) is 66.8 Å². The van der Waals surface area contributed by atoms with Gasteiger partial charge >= 0.3 is 0 Å². The first-order chi connectivity index (χ1) is 17.4. The van der Waals surface area contributed by atoms with Crippen molar-refractivity contribution in [1.82, 2.24) is 0 Å². The van der Waals surface area contributed by atoms with Crippen LogP contribution in [0.5, 0.6) is 23.0 Å². The van der Waals surface area contributed by atoms with Gasteiger partial charge in [0.1, 0.15) is 23.0 Å². The maximum Gasteiger partial charge on any atom is 0.122 e. The van der Waals surface area contributed by atoms with E-state index in [2.05, 4.69) is 0 Å². The summed E-state index contributed by atoms with van der Waals surface area (Å²) in [4.78, 5) is 0. The zero-order valence-electron chi connectivity index (χ0n) is 22.5. The molecule has 4 nitrogen and oxygen atoms in total. The third-order valence-electron chi connectivity index (χ3n) is 7.28. The molecule has 0 radical (unpaired) electrons. The zero-order chi connectivity index (χ0) is 27.0. The summed E-state index contributed by atoms with van der Waals surface area (Å²) in [5, 5.41) is 42.5. The maximum atomic E-state index is 11.3. The van der Waals surface area contributed by atoms with Crippen LogP contribution in [-0.2, 0) is 19.3 Å². The molecule has 0 fully saturated rings. The van der Waals surface area contributed by atoms with Crippen molar-refractivity contribution < 1.29 is 20.4 Å². The fourth-order valence-electron chi connectivity index (χ4n) is 5.13. The average molecular weight is 497 g/mol. The fraction of sp³-hybridized carbons (Fsp3) is 0.273. The van der Waals surface area contributed by atoms with E-state index in [1.807, 2.05) is 77.9 Å². The number of benzene rings is 4. The highest BCUT2D eigenvalue weighted by Gasteiger charge is 2.17. The van der Waals surface area contributed by atoms with Gasteiger partial charge in [0.25, 0.3) is 0 Å². The van der Waals surface area contributed by atoms with Crippen LogP contribution in [0.25, 0.3) is 0 Å². The highest BCUT2D eigenvalue weighted by atomic mass is 16.3. The minimum atomic E-state index is 0.239. The first-order valence-electron chi connectivity index (χ1n) is 12.6. The summed E-state index contributed by atoms with van der Waals surface area (Å²) in [6.07, 6.45) is 1.51. The molecule has 4 aromatic carbocycles. The van der Waals surface area contributed by atoms with Crippen molar-refractivity contribution in [1.29, 1.82) is 0 Å². The van der Waals surface area contributed by atoms with Gasteiger partial charge in [0.2, 0.25) is 0 Å². The van der Waals surface area contributed by atoms with Gasteiger partial charge in [-0.05, 0) is 109 Å². The molecule has 4 aromatic rings. The largest absolute Gasteiger partial charge is 0.508 e. The standard InChI is InChI=1S/C33H36O4/c1-18-7-26(15-24-11-22(5)30(34)13-20(24)3)32(36)28(9-18)17-29-10-19(2)8-27(33(29)37)16-25-12-23(6)31(35)14-21(25)4/h7-14,34-37H,15-17H2,1-6H3. The second kappa shape index (κ2) is 10.2.